The summed E-state index contributed by atoms with van der Waals surface area (Å²) < 4.78 is 17.6. The van der Waals surface area contributed by atoms with Gasteiger partial charge in [-0.05, 0) is 61.3 Å². The number of carbonyl (C=O) groups excluding carboxylic acids is 2. The van der Waals surface area contributed by atoms with E-state index >= 15 is 0 Å². The number of carbonyl (C=O) groups is 2. The van der Waals surface area contributed by atoms with Gasteiger partial charge in [0.1, 0.15) is 12.4 Å². The van der Waals surface area contributed by atoms with Gasteiger partial charge in [-0.2, -0.15) is 0 Å². The van der Waals surface area contributed by atoms with Gasteiger partial charge in [0, 0.05) is 43.7 Å². The van der Waals surface area contributed by atoms with E-state index in [1.54, 1.807) is 0 Å². The Kier molecular flexibility index (Phi) is 11.6. The normalized spacial score (nSPS) is 18.7. The first kappa shape index (κ1) is 34.3. The molecule has 1 saturated carbocycles. The average Bonchev–Trinajstić information content (AvgIpc) is 3.60. The summed E-state index contributed by atoms with van der Waals surface area (Å²) in [7, 11) is 0. The predicted octanol–water partition coefficient (Wildman–Crippen LogP) is 8.01. The largest absolute Gasteiger partial charge is 0.489 e. The third kappa shape index (κ3) is 9.09. The van der Waals surface area contributed by atoms with Gasteiger partial charge in [0.25, 0.3) is 0 Å². The van der Waals surface area contributed by atoms with Crippen molar-refractivity contribution in [2.24, 2.45) is 11.8 Å². The maximum Gasteiger partial charge on any atom is 0.410 e. The molecule has 3 atom stereocenters. The molecule has 4 aromatic rings. The lowest BCUT2D eigenvalue weighted by molar-refractivity contribution is -0.144. The fraction of sp³-hybridized carbons (Fsp3) is 0.381. The third-order valence-electron chi connectivity index (χ3n) is 9.74. The first-order valence-corrected chi connectivity index (χ1v) is 17.7. The fourth-order valence-electron chi connectivity index (χ4n) is 7.28. The second kappa shape index (κ2) is 16.7. The second-order valence-corrected chi connectivity index (χ2v) is 13.3. The summed E-state index contributed by atoms with van der Waals surface area (Å²) in [5.41, 5.74) is 5.52. The van der Waals surface area contributed by atoms with Crippen LogP contribution in [0, 0.1) is 18.8 Å². The van der Waals surface area contributed by atoms with Crippen molar-refractivity contribution in [3.8, 4) is 5.75 Å². The van der Waals surface area contributed by atoms with Crippen molar-refractivity contribution >= 4 is 12.1 Å². The number of rotatable bonds is 16. The Morgan fingerprint density at radius 1 is 0.816 bits per heavy atom. The van der Waals surface area contributed by atoms with Crippen molar-refractivity contribution in [1.82, 2.24) is 9.80 Å². The topological polar surface area (TPSA) is 68.3 Å². The molecule has 6 rings (SSSR count). The van der Waals surface area contributed by atoms with Crippen molar-refractivity contribution in [3.05, 3.63) is 137 Å². The van der Waals surface area contributed by atoms with Crippen molar-refractivity contribution in [3.63, 3.8) is 0 Å². The van der Waals surface area contributed by atoms with Gasteiger partial charge >= 0.3 is 12.1 Å². The Morgan fingerprint density at radius 3 is 2.14 bits per heavy atom. The first-order chi connectivity index (χ1) is 24.0. The lowest BCUT2D eigenvalue weighted by Gasteiger charge is -2.27. The van der Waals surface area contributed by atoms with Gasteiger partial charge in [-0.3, -0.25) is 9.69 Å². The fourth-order valence-corrected chi connectivity index (χ4v) is 7.28. The molecule has 0 N–H and O–H groups in total. The summed E-state index contributed by atoms with van der Waals surface area (Å²) >= 11 is 0. The minimum absolute atomic E-state index is 0.203. The molecule has 4 aromatic carbocycles. The van der Waals surface area contributed by atoms with Crippen LogP contribution in [0.4, 0.5) is 4.79 Å². The van der Waals surface area contributed by atoms with Gasteiger partial charge in [0.05, 0.1) is 19.6 Å². The van der Waals surface area contributed by atoms with Gasteiger partial charge in [-0.25, -0.2) is 4.79 Å². The van der Waals surface area contributed by atoms with Crippen molar-refractivity contribution < 1.29 is 23.8 Å². The first-order valence-electron chi connectivity index (χ1n) is 17.7. The third-order valence-corrected chi connectivity index (χ3v) is 9.74. The van der Waals surface area contributed by atoms with Crippen LogP contribution < -0.4 is 4.74 Å². The summed E-state index contributed by atoms with van der Waals surface area (Å²) in [5.74, 6) is 1.28. The number of ether oxygens (including phenoxy) is 3. The zero-order valence-corrected chi connectivity index (χ0v) is 28.7. The van der Waals surface area contributed by atoms with E-state index in [1.165, 1.54) is 5.56 Å². The van der Waals surface area contributed by atoms with E-state index in [0.717, 1.165) is 54.1 Å². The molecule has 2 aliphatic rings. The van der Waals surface area contributed by atoms with Crippen LogP contribution >= 0.6 is 0 Å². The average molecular weight is 661 g/mol. The smallest absolute Gasteiger partial charge is 0.410 e. The molecular weight excluding hydrogens is 612 g/mol. The highest BCUT2D eigenvalue weighted by Gasteiger charge is 2.59. The summed E-state index contributed by atoms with van der Waals surface area (Å²) in [6.07, 6.45) is 1.39. The molecule has 0 aromatic heterocycles. The lowest BCUT2D eigenvalue weighted by Crippen LogP contribution is -2.40. The van der Waals surface area contributed by atoms with Gasteiger partial charge in [-0.15, -0.1) is 0 Å². The number of unbranched alkanes of at least 4 members (excludes halogenated alkanes) is 1. The zero-order chi connectivity index (χ0) is 34.0. The number of hydrogen-bond acceptors (Lipinski definition) is 6. The number of esters is 1. The van der Waals surface area contributed by atoms with E-state index in [-0.39, 0.29) is 30.4 Å². The highest BCUT2D eigenvalue weighted by molar-refractivity contribution is 5.72. The van der Waals surface area contributed by atoms with E-state index in [2.05, 4.69) is 54.3 Å². The molecule has 49 heavy (non-hydrogen) atoms. The summed E-state index contributed by atoms with van der Waals surface area (Å²) in [4.78, 5) is 30.7. The molecule has 7 heteroatoms. The minimum Gasteiger partial charge on any atom is -0.489 e. The van der Waals surface area contributed by atoms with Crippen LogP contribution in [-0.2, 0) is 27.4 Å². The number of hydrogen-bond donors (Lipinski definition) is 0. The predicted molar refractivity (Wildman–Crippen MR) is 191 cm³/mol. The van der Waals surface area contributed by atoms with E-state index in [1.807, 2.05) is 78.6 Å². The highest BCUT2D eigenvalue weighted by Crippen LogP contribution is 2.49. The van der Waals surface area contributed by atoms with Crippen LogP contribution in [-0.4, -0.2) is 60.8 Å². The number of nitrogens with zero attached hydrogens (tertiary/aromatic N) is 2. The van der Waals surface area contributed by atoms with Crippen LogP contribution in [0.3, 0.4) is 0 Å². The van der Waals surface area contributed by atoms with Crippen LogP contribution in [0.5, 0.6) is 5.75 Å². The summed E-state index contributed by atoms with van der Waals surface area (Å²) in [5, 5.41) is 0. The molecule has 256 valence electrons. The molecule has 0 bridgehead atoms. The van der Waals surface area contributed by atoms with Gasteiger partial charge in [-0.1, -0.05) is 109 Å². The number of fused-ring (bicyclic) bond motifs is 1. The molecule has 1 amide bonds. The maximum absolute atomic E-state index is 13.3. The van der Waals surface area contributed by atoms with Crippen LogP contribution in [0.1, 0.15) is 59.9 Å². The second-order valence-electron chi connectivity index (χ2n) is 13.3. The minimum atomic E-state index is -0.248. The van der Waals surface area contributed by atoms with Crippen molar-refractivity contribution in [2.45, 2.75) is 58.2 Å². The lowest BCUT2D eigenvalue weighted by atomic mass is 9.87. The number of piperidine rings is 1. The van der Waals surface area contributed by atoms with Crippen molar-refractivity contribution in [2.75, 3.05) is 32.8 Å². The molecular formula is C42H48N2O5. The Bertz CT molecular complexity index is 1640. The Morgan fingerprint density at radius 2 is 1.47 bits per heavy atom. The summed E-state index contributed by atoms with van der Waals surface area (Å²) in [6.45, 7) is 8.57. The molecule has 1 aliphatic heterocycles. The van der Waals surface area contributed by atoms with Crippen LogP contribution in [0.25, 0.3) is 0 Å². The van der Waals surface area contributed by atoms with Gasteiger partial charge in [0.2, 0.25) is 0 Å². The molecule has 0 radical (unpaired) electrons. The van der Waals surface area contributed by atoms with Crippen LogP contribution in [0.2, 0.25) is 0 Å². The Hall–Kier alpha value is -4.62. The van der Waals surface area contributed by atoms with E-state index in [4.69, 9.17) is 14.2 Å². The van der Waals surface area contributed by atoms with Gasteiger partial charge < -0.3 is 19.1 Å². The summed E-state index contributed by atoms with van der Waals surface area (Å²) in [6, 6.07) is 37.1. The molecule has 1 saturated heterocycles. The maximum atomic E-state index is 13.3. The molecule has 3 unspecified atom stereocenters. The van der Waals surface area contributed by atoms with E-state index in [9.17, 15) is 9.59 Å². The number of aryl methyl sites for hydroxylation is 1. The zero-order valence-electron chi connectivity index (χ0n) is 28.7. The van der Waals surface area contributed by atoms with Gasteiger partial charge in [0.15, 0.2) is 0 Å². The molecule has 1 aliphatic carbocycles. The Labute approximate surface area is 290 Å². The number of amides is 1. The Balaban J connectivity index is 1.02. The standard InChI is InChI=1S/C42H48N2O5/c1-3-47-42(46)44(41-37-28-43(29-38(37)41)27-32-15-7-4-8-16-32)23-13-14-24-48-40(45)26-35(34-19-11-6-12-20-34)36-25-31(2)21-22-39(36)49-30-33-17-9-5-10-18-33/h4-12,15-22,25,35,37-38,41H,3,13-14,23-24,26-30H2,1-2H3. The van der Waals surface area contributed by atoms with E-state index < -0.39 is 0 Å². The van der Waals surface area contributed by atoms with E-state index in [0.29, 0.717) is 44.6 Å². The molecule has 7 nitrogen and oxygen atoms in total. The monoisotopic (exact) mass is 660 g/mol. The van der Waals surface area contributed by atoms with Crippen molar-refractivity contribution in [1.29, 1.82) is 0 Å². The number of likely N-dealkylation sites (tertiary alicyclic amines) is 1. The molecule has 1 heterocycles. The molecule has 2 fully saturated rings. The number of benzene rings is 4. The SMILES string of the molecule is CCOC(=O)N(CCCCOC(=O)CC(c1ccccc1)c1cc(C)ccc1OCc1ccccc1)C1C2CN(Cc3ccccc3)CC21. The highest BCUT2D eigenvalue weighted by atomic mass is 16.6. The van der Waals surface area contributed by atoms with Crippen LogP contribution in [0.15, 0.2) is 109 Å². The molecule has 0 spiro atoms. The quantitative estimate of drug-likeness (QED) is 0.0896.